The summed E-state index contributed by atoms with van der Waals surface area (Å²) >= 11 is 0.339. The highest BCUT2D eigenvalue weighted by Crippen LogP contribution is 2.34. The molecule has 2 rings (SSSR count). The molecule has 0 saturated carbocycles. The minimum Gasteiger partial charge on any atom is -0.469 e. The van der Waals surface area contributed by atoms with Gasteiger partial charge < -0.3 is 9.47 Å². The number of sulfone groups is 2. The van der Waals surface area contributed by atoms with Crippen LogP contribution in [0.2, 0.25) is 0 Å². The Kier molecular flexibility index (Phi) is 9.20. The third kappa shape index (κ3) is 6.42. The molecule has 0 N–H and O–H groups in total. The zero-order chi connectivity index (χ0) is 24.6. The van der Waals surface area contributed by atoms with Crippen molar-refractivity contribution in [3.63, 3.8) is 0 Å². The van der Waals surface area contributed by atoms with Gasteiger partial charge in [-0.05, 0) is 24.3 Å². The molecule has 1 atom stereocenters. The van der Waals surface area contributed by atoms with Gasteiger partial charge in [0.2, 0.25) is 23.6 Å². The van der Waals surface area contributed by atoms with E-state index in [1.165, 1.54) is 48.5 Å². The lowest BCUT2D eigenvalue weighted by molar-refractivity contribution is -0.155. The summed E-state index contributed by atoms with van der Waals surface area (Å²) in [5, 5.41) is 0. The molecular formula is C21H22O9S3. The van der Waals surface area contributed by atoms with Gasteiger partial charge in [0.05, 0.1) is 36.2 Å². The highest BCUT2D eigenvalue weighted by atomic mass is 32.3. The number of Topliss-reactive ketones (excluding diaryl/α,β-unsaturated/α-hetero) is 1. The summed E-state index contributed by atoms with van der Waals surface area (Å²) in [5.41, 5.74) is 0. The molecule has 178 valence electrons. The topological polar surface area (TPSA) is 138 Å². The van der Waals surface area contributed by atoms with Gasteiger partial charge in [-0.25, -0.2) is 16.8 Å². The van der Waals surface area contributed by atoms with Crippen LogP contribution in [-0.2, 0) is 43.5 Å². The van der Waals surface area contributed by atoms with E-state index in [4.69, 9.17) is 0 Å². The van der Waals surface area contributed by atoms with Gasteiger partial charge in [0.15, 0.2) is 5.78 Å². The number of benzene rings is 2. The highest BCUT2D eigenvalue weighted by Gasteiger charge is 2.42. The van der Waals surface area contributed by atoms with Gasteiger partial charge in [-0.2, -0.15) is 0 Å². The molecule has 0 aliphatic rings. The fourth-order valence-corrected chi connectivity index (χ4v) is 9.29. The molecule has 0 radical (unpaired) electrons. The van der Waals surface area contributed by atoms with Gasteiger partial charge in [0, 0.05) is 0 Å². The summed E-state index contributed by atoms with van der Waals surface area (Å²) < 4.78 is 60.0. The normalized spacial score (nSPS) is 12.7. The number of rotatable bonds is 11. The Morgan fingerprint density at radius 1 is 0.788 bits per heavy atom. The molecule has 2 aromatic carbocycles. The van der Waals surface area contributed by atoms with E-state index in [0.717, 1.165) is 14.2 Å². The fourth-order valence-electron chi connectivity index (χ4n) is 2.76. The highest BCUT2D eigenvalue weighted by molar-refractivity contribution is 8.27. The van der Waals surface area contributed by atoms with Crippen LogP contribution < -0.4 is 0 Å². The van der Waals surface area contributed by atoms with Crippen molar-refractivity contribution in [1.82, 2.24) is 0 Å². The Morgan fingerprint density at radius 3 is 1.64 bits per heavy atom. The molecular weight excluding hydrogens is 492 g/mol. The lowest BCUT2D eigenvalue weighted by Gasteiger charge is -2.19. The summed E-state index contributed by atoms with van der Waals surface area (Å²) in [5.74, 6) is -4.98. The quantitative estimate of drug-likeness (QED) is 0.323. The smallest absolute Gasteiger partial charge is 0.316 e. The van der Waals surface area contributed by atoms with E-state index in [1.807, 2.05) is 0 Å². The second kappa shape index (κ2) is 11.4. The van der Waals surface area contributed by atoms with Gasteiger partial charge >= 0.3 is 11.9 Å². The zero-order valence-corrected chi connectivity index (χ0v) is 20.2. The molecule has 0 aliphatic carbocycles. The summed E-state index contributed by atoms with van der Waals surface area (Å²) in [6, 6.07) is 13.9. The number of ether oxygens (including phenoxy) is 2. The number of hydrogen-bond donors (Lipinski definition) is 0. The van der Waals surface area contributed by atoms with Crippen LogP contribution in [0.5, 0.6) is 0 Å². The standard InChI is InChI=1S/C21H22O9S3/c1-29-19(23)13-17(20(24)30-2)18(22)14-31-21(32(25,26)15-9-5-3-6-10-15)33(27,28)16-11-7-4-8-12-16/h3-12,17,21H,13-14H2,1-2H3. The average Bonchev–Trinajstić information content (AvgIpc) is 2.82. The van der Waals surface area contributed by atoms with Crippen LogP contribution in [0, 0.1) is 5.92 Å². The number of thioether (sulfide) groups is 1. The number of carbonyl (C=O) groups is 3. The Balaban J connectivity index is 2.44. The van der Waals surface area contributed by atoms with E-state index in [9.17, 15) is 31.2 Å². The first kappa shape index (κ1) is 26.6. The maximum absolute atomic E-state index is 13.3. The predicted molar refractivity (Wildman–Crippen MR) is 121 cm³/mol. The SMILES string of the molecule is COC(=O)CC(C(=O)CSC(S(=O)(=O)c1ccccc1)S(=O)(=O)c1ccccc1)C(=O)OC. The van der Waals surface area contributed by atoms with Gasteiger partial charge in [-0.15, -0.1) is 11.8 Å². The third-order valence-corrected chi connectivity index (χ3v) is 11.9. The van der Waals surface area contributed by atoms with Crippen LogP contribution in [0.3, 0.4) is 0 Å². The molecule has 33 heavy (non-hydrogen) atoms. The predicted octanol–water partition coefficient (Wildman–Crippen LogP) is 1.87. The van der Waals surface area contributed by atoms with Crippen LogP contribution in [0.4, 0.5) is 0 Å². The van der Waals surface area contributed by atoms with E-state index in [2.05, 4.69) is 9.47 Å². The molecule has 0 spiro atoms. The van der Waals surface area contributed by atoms with Gasteiger partial charge in [-0.1, -0.05) is 36.4 Å². The molecule has 0 aliphatic heterocycles. The summed E-state index contributed by atoms with van der Waals surface area (Å²) in [7, 11) is -6.84. The summed E-state index contributed by atoms with van der Waals surface area (Å²) in [6.07, 6.45) is -0.621. The molecule has 0 amide bonds. The Morgan fingerprint density at radius 2 is 1.24 bits per heavy atom. The molecule has 2 aromatic rings. The molecule has 0 bridgehead atoms. The molecule has 9 nitrogen and oxygen atoms in total. The van der Waals surface area contributed by atoms with Gasteiger partial charge in [-0.3, -0.25) is 14.4 Å². The molecule has 1 unspecified atom stereocenters. The van der Waals surface area contributed by atoms with E-state index in [1.54, 1.807) is 12.1 Å². The molecule has 12 heteroatoms. The first-order valence-corrected chi connectivity index (χ1v) is 13.6. The van der Waals surface area contributed by atoms with Gasteiger partial charge in [0.1, 0.15) is 5.92 Å². The second-order valence-corrected chi connectivity index (χ2v) is 12.7. The van der Waals surface area contributed by atoms with Crippen LogP contribution in [0.1, 0.15) is 6.42 Å². The number of hydrogen-bond acceptors (Lipinski definition) is 10. The van der Waals surface area contributed by atoms with Crippen molar-refractivity contribution >= 4 is 49.2 Å². The minimum absolute atomic E-state index is 0.242. The van der Waals surface area contributed by atoms with Crippen molar-refractivity contribution in [2.24, 2.45) is 5.92 Å². The van der Waals surface area contributed by atoms with Gasteiger partial charge in [0.25, 0.3) is 0 Å². The van der Waals surface area contributed by atoms with Crippen molar-refractivity contribution in [3.05, 3.63) is 60.7 Å². The average molecular weight is 515 g/mol. The zero-order valence-electron chi connectivity index (χ0n) is 17.7. The van der Waals surface area contributed by atoms with E-state index in [0.29, 0.717) is 11.8 Å². The van der Waals surface area contributed by atoms with E-state index >= 15 is 0 Å². The first-order valence-electron chi connectivity index (χ1n) is 9.42. The van der Waals surface area contributed by atoms with Crippen LogP contribution in [0.25, 0.3) is 0 Å². The number of methoxy groups -OCH3 is 2. The van der Waals surface area contributed by atoms with Crippen LogP contribution >= 0.6 is 11.8 Å². The summed E-state index contributed by atoms with van der Waals surface area (Å²) in [6.45, 7) is 0. The maximum Gasteiger partial charge on any atom is 0.316 e. The molecule has 0 heterocycles. The van der Waals surface area contributed by atoms with Crippen molar-refractivity contribution < 1.29 is 40.7 Å². The van der Waals surface area contributed by atoms with Crippen molar-refractivity contribution in [1.29, 1.82) is 0 Å². The largest absolute Gasteiger partial charge is 0.469 e. The lowest BCUT2D eigenvalue weighted by Crippen LogP contribution is -2.33. The molecule has 0 aromatic heterocycles. The molecule has 0 saturated heterocycles. The summed E-state index contributed by atoms with van der Waals surface area (Å²) in [4.78, 5) is 35.8. The maximum atomic E-state index is 13.3. The first-order chi connectivity index (χ1) is 15.6. The second-order valence-electron chi connectivity index (χ2n) is 6.64. The monoisotopic (exact) mass is 514 g/mol. The number of carbonyl (C=O) groups excluding carboxylic acids is 3. The van der Waals surface area contributed by atoms with Crippen molar-refractivity contribution in [3.8, 4) is 0 Å². The Labute approximate surface area is 196 Å². The third-order valence-electron chi connectivity index (χ3n) is 4.48. The number of ketones is 1. The Bertz CT molecular complexity index is 1120. The van der Waals surface area contributed by atoms with Crippen molar-refractivity contribution in [2.75, 3.05) is 20.0 Å². The van der Waals surface area contributed by atoms with Crippen molar-refractivity contribution in [2.45, 2.75) is 20.1 Å². The minimum atomic E-state index is -4.47. The molecule has 0 fully saturated rings. The number of esters is 2. The van der Waals surface area contributed by atoms with E-state index in [-0.39, 0.29) is 9.79 Å². The van der Waals surface area contributed by atoms with Crippen LogP contribution in [0.15, 0.2) is 70.5 Å². The Hall–Kier alpha value is -2.70. The van der Waals surface area contributed by atoms with Crippen LogP contribution in [-0.4, -0.2) is 58.4 Å². The lowest BCUT2D eigenvalue weighted by atomic mass is 10.0. The van der Waals surface area contributed by atoms with E-state index < -0.39 is 59.4 Å². The fraction of sp³-hybridized carbons (Fsp3) is 0.286.